The van der Waals surface area contributed by atoms with E-state index in [2.05, 4.69) is 0 Å². The van der Waals surface area contributed by atoms with Gasteiger partial charge in [-0.3, -0.25) is 19.2 Å². The number of Topliss-reactive ketones (excluding diaryl/α,β-unsaturated/α-hetero) is 3. The van der Waals surface area contributed by atoms with E-state index in [0.29, 0.717) is 63.4 Å². The summed E-state index contributed by atoms with van der Waals surface area (Å²) in [6, 6.07) is -1.12. The van der Waals surface area contributed by atoms with Crippen molar-refractivity contribution in [2.75, 3.05) is 20.8 Å². The molecular weight excluding hydrogens is 807 g/mol. The molecule has 3 N–H and O–H groups in total. The molecule has 1 saturated carbocycles. The Morgan fingerprint density at radius 2 is 1.57 bits per heavy atom. The summed E-state index contributed by atoms with van der Waals surface area (Å²) in [5.74, 6) is -7.36. The Kier molecular flexibility index (Phi) is 20.1. The lowest BCUT2D eigenvalue weighted by molar-refractivity contribution is -0.265. The summed E-state index contributed by atoms with van der Waals surface area (Å²) in [7, 11) is 3.15. The van der Waals surface area contributed by atoms with Crippen LogP contribution in [0.1, 0.15) is 132 Å². The fraction of sp³-hybridized carbons (Fsp3) is 0.740. The average Bonchev–Trinajstić information content (AvgIpc) is 3.25. The van der Waals surface area contributed by atoms with Crippen molar-refractivity contribution in [3.63, 3.8) is 0 Å². The van der Waals surface area contributed by atoms with Gasteiger partial charge in [-0.1, -0.05) is 71.1 Å². The van der Waals surface area contributed by atoms with Crippen molar-refractivity contribution < 1.29 is 58.2 Å². The second-order valence-corrected chi connectivity index (χ2v) is 19.3. The van der Waals surface area contributed by atoms with Crippen molar-refractivity contribution >= 4 is 29.2 Å². The van der Waals surface area contributed by atoms with E-state index in [4.69, 9.17) is 18.9 Å². The highest BCUT2D eigenvalue weighted by atomic mass is 16.6. The second kappa shape index (κ2) is 24.3. The maximum atomic E-state index is 14.3. The van der Waals surface area contributed by atoms with Gasteiger partial charge in [-0.2, -0.15) is 0 Å². The summed E-state index contributed by atoms with van der Waals surface area (Å²) in [6.07, 6.45) is 13.0. The van der Waals surface area contributed by atoms with Crippen LogP contribution in [0.5, 0.6) is 0 Å². The first-order valence-electron chi connectivity index (χ1n) is 23.4. The van der Waals surface area contributed by atoms with Gasteiger partial charge in [-0.05, 0) is 107 Å². The Morgan fingerprint density at radius 3 is 2.27 bits per heavy atom. The van der Waals surface area contributed by atoms with E-state index in [9.17, 15) is 39.3 Å². The fourth-order valence-corrected chi connectivity index (χ4v) is 9.78. The number of methoxy groups -OCH3 is 2. The average molecular weight is 884 g/mol. The van der Waals surface area contributed by atoms with Crippen LogP contribution < -0.4 is 0 Å². The molecule has 3 heterocycles. The Morgan fingerprint density at radius 1 is 0.841 bits per heavy atom. The van der Waals surface area contributed by atoms with E-state index in [1.165, 1.54) is 4.90 Å². The SMILES string of the molecule is CO[C@H]1C[C@@H]2CC[C@@H](C)[C@@](O)(O2)C(=O)C(=O)N2CCCC[C@H]2C(=O)OC([C@H](C)C[C@@H]2CC[C@@H](O)[C@H](OC)C2)CC(=O)[C@H](C)/C=C(\C)[C@@H](O)CC(=O)[C@H](C)C[C@H](C)/C=C/C=CC=C1C. The number of ether oxygens (including phenoxy) is 4. The number of nitrogens with zero attached hydrogens (tertiary/aromatic N) is 1. The third kappa shape index (κ3) is 14.3. The number of cyclic esters (lactones) is 1. The predicted octanol–water partition coefficient (Wildman–Crippen LogP) is 6.56. The van der Waals surface area contributed by atoms with Gasteiger partial charge in [0, 0.05) is 57.8 Å². The van der Waals surface area contributed by atoms with Crippen LogP contribution in [0.4, 0.5) is 0 Å². The van der Waals surface area contributed by atoms with Crippen molar-refractivity contribution in [2.24, 2.45) is 35.5 Å². The first-order chi connectivity index (χ1) is 29.8. The molecule has 1 amide bonds. The Hall–Kier alpha value is -3.33. The molecular formula is C50H77NO12. The number of carbonyl (C=O) groups is 5. The molecule has 0 aromatic heterocycles. The lowest BCUT2D eigenvalue weighted by Gasteiger charge is -2.42. The van der Waals surface area contributed by atoms with Crippen LogP contribution in [0.15, 0.2) is 47.6 Å². The minimum Gasteiger partial charge on any atom is -0.460 e. The summed E-state index contributed by atoms with van der Waals surface area (Å²) in [4.78, 5) is 71.1. The third-order valence-electron chi connectivity index (χ3n) is 14.2. The number of aliphatic hydroxyl groups excluding tert-OH is 2. The van der Waals surface area contributed by atoms with Gasteiger partial charge in [0.1, 0.15) is 23.7 Å². The van der Waals surface area contributed by atoms with Gasteiger partial charge in [-0.15, -0.1) is 0 Å². The number of aliphatic hydroxyl groups is 3. The largest absolute Gasteiger partial charge is 0.460 e. The molecule has 2 bridgehead atoms. The van der Waals surface area contributed by atoms with Gasteiger partial charge in [0.25, 0.3) is 11.7 Å². The van der Waals surface area contributed by atoms with Crippen LogP contribution in [-0.4, -0.2) is 119 Å². The van der Waals surface area contributed by atoms with Crippen molar-refractivity contribution in [2.45, 2.75) is 180 Å². The highest BCUT2D eigenvalue weighted by Gasteiger charge is 2.53. The van der Waals surface area contributed by atoms with Gasteiger partial charge >= 0.3 is 5.97 Å². The molecule has 0 aromatic rings. The van der Waals surface area contributed by atoms with E-state index in [1.54, 1.807) is 41.1 Å². The molecule has 0 spiro atoms. The molecule has 63 heavy (non-hydrogen) atoms. The summed E-state index contributed by atoms with van der Waals surface area (Å²) >= 11 is 0. The maximum absolute atomic E-state index is 14.3. The van der Waals surface area contributed by atoms with Gasteiger partial charge in [0.05, 0.1) is 30.5 Å². The molecule has 3 aliphatic heterocycles. The van der Waals surface area contributed by atoms with E-state index in [1.807, 2.05) is 58.1 Å². The lowest BCUT2D eigenvalue weighted by Crippen LogP contribution is -2.61. The quantitative estimate of drug-likeness (QED) is 0.154. The van der Waals surface area contributed by atoms with Crippen LogP contribution in [0.2, 0.25) is 0 Å². The van der Waals surface area contributed by atoms with Crippen LogP contribution in [0.3, 0.4) is 0 Å². The van der Waals surface area contributed by atoms with E-state index < -0.39 is 71.8 Å². The maximum Gasteiger partial charge on any atom is 0.329 e. The summed E-state index contributed by atoms with van der Waals surface area (Å²) in [6.45, 7) is 12.9. The lowest BCUT2D eigenvalue weighted by atomic mass is 9.78. The fourth-order valence-electron chi connectivity index (χ4n) is 9.78. The molecule has 2 saturated heterocycles. The molecule has 14 atom stereocenters. The normalized spacial score (nSPS) is 38.8. The zero-order valence-corrected chi connectivity index (χ0v) is 39.3. The predicted molar refractivity (Wildman–Crippen MR) is 239 cm³/mol. The van der Waals surface area contributed by atoms with Crippen LogP contribution in [0.25, 0.3) is 0 Å². The van der Waals surface area contributed by atoms with Crippen LogP contribution in [-0.2, 0) is 42.9 Å². The third-order valence-corrected chi connectivity index (χ3v) is 14.2. The number of piperidine rings is 1. The van der Waals surface area contributed by atoms with Crippen molar-refractivity contribution in [3.05, 3.63) is 47.6 Å². The van der Waals surface area contributed by atoms with Crippen LogP contribution >= 0.6 is 0 Å². The number of fused-ring (bicyclic) bond motifs is 3. The van der Waals surface area contributed by atoms with Crippen LogP contribution in [0, 0.1) is 35.5 Å². The van der Waals surface area contributed by atoms with Gasteiger partial charge in [0.15, 0.2) is 0 Å². The smallest absolute Gasteiger partial charge is 0.329 e. The first kappa shape index (κ1) is 52.3. The van der Waals surface area contributed by atoms with E-state index >= 15 is 0 Å². The topological polar surface area (TPSA) is 186 Å². The molecule has 0 aromatic carbocycles. The zero-order valence-electron chi connectivity index (χ0n) is 39.3. The van der Waals surface area contributed by atoms with Crippen molar-refractivity contribution in [1.29, 1.82) is 0 Å². The number of hydrogen-bond acceptors (Lipinski definition) is 12. The van der Waals surface area contributed by atoms with Gasteiger partial charge in [0.2, 0.25) is 5.79 Å². The molecule has 354 valence electrons. The number of rotatable bonds is 5. The number of esters is 1. The number of carbonyl (C=O) groups excluding carboxylic acids is 5. The van der Waals surface area contributed by atoms with Crippen molar-refractivity contribution in [1.82, 2.24) is 4.90 Å². The summed E-state index contributed by atoms with van der Waals surface area (Å²) < 4.78 is 23.8. The molecule has 0 radical (unpaired) electrons. The van der Waals surface area contributed by atoms with E-state index in [0.717, 1.165) is 12.0 Å². The monoisotopic (exact) mass is 884 g/mol. The Labute approximate surface area is 375 Å². The van der Waals surface area contributed by atoms with Crippen molar-refractivity contribution in [3.8, 4) is 0 Å². The molecule has 1 unspecified atom stereocenters. The van der Waals surface area contributed by atoms with Gasteiger partial charge in [-0.25, -0.2) is 4.79 Å². The Balaban J connectivity index is 1.67. The molecule has 13 nitrogen and oxygen atoms in total. The minimum absolute atomic E-state index is 0.0725. The molecule has 4 aliphatic rings. The van der Waals surface area contributed by atoms with E-state index in [-0.39, 0.29) is 67.1 Å². The summed E-state index contributed by atoms with van der Waals surface area (Å²) in [5.41, 5.74) is 1.39. The highest BCUT2D eigenvalue weighted by Crippen LogP contribution is 2.37. The standard InChI is InChI=1S/C50H77NO12/c1-30-15-11-10-12-16-31(2)44(60-8)27-38-20-18-36(7)50(59,63-38)47(56)48(57)51-22-14-13-17-39(51)49(58)62-45(35(6)25-37-19-21-40(52)46(26-37)61-9)29-43(55)34(5)24-33(4)42(54)28-41(53)32(3)23-30/h10-12,15-16,24,30,32,34-40,42,44-46,52,54,59H,13-14,17-23,25-29H2,1-9H3/b12-10?,15-11+,31-16?,33-24+/t30-,32-,34-,35-,36-,37+,38+,39+,40-,42+,44+,45?,46-,50-/m1/s1. The number of ketones is 3. The minimum atomic E-state index is -2.42. The molecule has 13 heteroatoms. The molecule has 1 aliphatic carbocycles. The Bertz CT molecular complexity index is 1700. The highest BCUT2D eigenvalue weighted by molar-refractivity contribution is 6.39. The van der Waals surface area contributed by atoms with Gasteiger partial charge < -0.3 is 39.2 Å². The zero-order chi connectivity index (χ0) is 46.6. The summed E-state index contributed by atoms with van der Waals surface area (Å²) in [5, 5.41) is 33.5. The number of hydrogen-bond donors (Lipinski definition) is 3. The second-order valence-electron chi connectivity index (χ2n) is 19.3. The first-order valence-corrected chi connectivity index (χ1v) is 23.4. The number of allylic oxidation sites excluding steroid dienone is 6. The molecule has 4 rings (SSSR count). The number of amides is 1. The molecule has 3 fully saturated rings.